The summed E-state index contributed by atoms with van der Waals surface area (Å²) >= 11 is 1.48. The number of aromatic nitrogens is 1. The number of benzene rings is 1. The van der Waals surface area contributed by atoms with Gasteiger partial charge in [0.25, 0.3) is 0 Å². The highest BCUT2D eigenvalue weighted by atomic mass is 32.1. The van der Waals surface area contributed by atoms with E-state index in [0.29, 0.717) is 18.7 Å². The van der Waals surface area contributed by atoms with E-state index >= 15 is 0 Å². The molecule has 1 aromatic carbocycles. The van der Waals surface area contributed by atoms with Crippen LogP contribution in [0.25, 0.3) is 0 Å². The van der Waals surface area contributed by atoms with Gasteiger partial charge in [0.15, 0.2) is 0 Å². The minimum Gasteiger partial charge on any atom is -0.493 e. The zero-order valence-corrected chi connectivity index (χ0v) is 12.4. The summed E-state index contributed by atoms with van der Waals surface area (Å²) in [5.41, 5.74) is 2.86. The van der Waals surface area contributed by atoms with E-state index in [-0.39, 0.29) is 6.42 Å². The van der Waals surface area contributed by atoms with Crippen LogP contribution in [0, 0.1) is 13.8 Å². The third-order valence-corrected chi connectivity index (χ3v) is 3.86. The van der Waals surface area contributed by atoms with Gasteiger partial charge >= 0.3 is 5.97 Å². The zero-order valence-electron chi connectivity index (χ0n) is 11.5. The van der Waals surface area contributed by atoms with Gasteiger partial charge in [0, 0.05) is 11.8 Å². The summed E-state index contributed by atoms with van der Waals surface area (Å²) in [5, 5.41) is 11.4. The molecule has 106 valence electrons. The lowest BCUT2D eigenvalue weighted by molar-refractivity contribution is -0.136. The summed E-state index contributed by atoms with van der Waals surface area (Å²) in [6, 6.07) is 6.06. The van der Waals surface area contributed by atoms with Crippen molar-refractivity contribution in [2.45, 2.75) is 26.7 Å². The number of para-hydroxylation sites is 1. The molecular formula is C15H17NO3S. The first-order chi connectivity index (χ1) is 9.56. The normalized spacial score (nSPS) is 10.5. The second-order valence-electron chi connectivity index (χ2n) is 4.62. The number of hydrogen-bond acceptors (Lipinski definition) is 4. The molecule has 2 aromatic rings. The fraction of sp³-hybridized carbons (Fsp3) is 0.333. The Hall–Kier alpha value is -1.88. The number of carbonyl (C=O) groups is 1. The number of carboxylic acid groups (broad SMARTS) is 1. The van der Waals surface area contributed by atoms with Crippen molar-refractivity contribution in [2.75, 3.05) is 6.61 Å². The van der Waals surface area contributed by atoms with Crippen LogP contribution in [0.3, 0.4) is 0 Å². The summed E-state index contributed by atoms with van der Waals surface area (Å²) in [6.45, 7) is 4.60. The summed E-state index contributed by atoms with van der Waals surface area (Å²) in [4.78, 5) is 14.9. The van der Waals surface area contributed by atoms with Gasteiger partial charge < -0.3 is 9.84 Å². The number of rotatable bonds is 6. The summed E-state index contributed by atoms with van der Waals surface area (Å²) in [6.07, 6.45) is 0.673. The standard InChI is InChI=1S/C15H17NO3S/c1-10-4-3-5-11(2)15(10)19-7-6-13-16-12(9-20-13)8-14(17)18/h3-5,9H,6-8H2,1-2H3,(H,17,18). The Bertz CT molecular complexity index is 587. The predicted octanol–water partition coefficient (Wildman–Crippen LogP) is 3.01. The minimum absolute atomic E-state index is 0.0196. The Morgan fingerprint density at radius 3 is 2.70 bits per heavy atom. The van der Waals surface area contributed by atoms with E-state index in [1.165, 1.54) is 11.3 Å². The smallest absolute Gasteiger partial charge is 0.309 e. The molecule has 0 aliphatic heterocycles. The molecule has 0 aliphatic carbocycles. The van der Waals surface area contributed by atoms with Crippen molar-refractivity contribution in [3.05, 3.63) is 45.4 Å². The molecule has 0 unspecified atom stereocenters. The maximum absolute atomic E-state index is 10.6. The lowest BCUT2D eigenvalue weighted by Crippen LogP contribution is -2.04. The fourth-order valence-electron chi connectivity index (χ4n) is 1.97. The van der Waals surface area contributed by atoms with Gasteiger partial charge in [-0.15, -0.1) is 11.3 Å². The number of carboxylic acids is 1. The van der Waals surface area contributed by atoms with Crippen molar-refractivity contribution in [1.29, 1.82) is 0 Å². The van der Waals surface area contributed by atoms with Gasteiger partial charge in [-0.1, -0.05) is 18.2 Å². The van der Waals surface area contributed by atoms with Gasteiger partial charge in [0.1, 0.15) is 5.75 Å². The molecule has 1 aromatic heterocycles. The van der Waals surface area contributed by atoms with E-state index in [1.54, 1.807) is 5.38 Å². The average Bonchev–Trinajstić information content (AvgIpc) is 2.79. The van der Waals surface area contributed by atoms with Gasteiger partial charge in [-0.2, -0.15) is 0 Å². The average molecular weight is 291 g/mol. The second-order valence-corrected chi connectivity index (χ2v) is 5.57. The third-order valence-electron chi connectivity index (χ3n) is 2.90. The third kappa shape index (κ3) is 3.81. The molecule has 0 saturated heterocycles. The van der Waals surface area contributed by atoms with E-state index < -0.39 is 5.97 Å². The van der Waals surface area contributed by atoms with Gasteiger partial charge in [-0.3, -0.25) is 4.79 Å². The molecule has 0 amide bonds. The molecule has 5 heteroatoms. The van der Waals surface area contributed by atoms with Gasteiger partial charge in [-0.25, -0.2) is 4.98 Å². The summed E-state index contributed by atoms with van der Waals surface area (Å²) < 4.78 is 5.81. The molecule has 0 bridgehead atoms. The summed E-state index contributed by atoms with van der Waals surface area (Å²) in [7, 11) is 0. The Kier molecular flexibility index (Phi) is 4.74. The molecule has 0 atom stereocenters. The van der Waals surface area contributed by atoms with Crippen LogP contribution in [0.5, 0.6) is 5.75 Å². The number of nitrogens with zero attached hydrogens (tertiary/aromatic N) is 1. The molecule has 1 N–H and O–H groups in total. The Balaban J connectivity index is 1.90. The van der Waals surface area contributed by atoms with Crippen LogP contribution in [0.1, 0.15) is 21.8 Å². The maximum Gasteiger partial charge on any atom is 0.309 e. The molecule has 0 radical (unpaired) electrons. The van der Waals surface area contributed by atoms with Crippen molar-refractivity contribution < 1.29 is 14.6 Å². The van der Waals surface area contributed by atoms with Crippen molar-refractivity contribution >= 4 is 17.3 Å². The van der Waals surface area contributed by atoms with Crippen molar-refractivity contribution in [1.82, 2.24) is 4.98 Å². The van der Waals surface area contributed by atoms with Crippen molar-refractivity contribution in [3.8, 4) is 5.75 Å². The first kappa shape index (κ1) is 14.5. The quantitative estimate of drug-likeness (QED) is 0.888. The number of thiazole rings is 1. The van der Waals surface area contributed by atoms with Crippen LogP contribution in [-0.4, -0.2) is 22.7 Å². The van der Waals surface area contributed by atoms with Crippen molar-refractivity contribution in [2.24, 2.45) is 0 Å². The predicted molar refractivity (Wildman–Crippen MR) is 78.6 cm³/mol. The molecule has 0 saturated carbocycles. The molecule has 0 spiro atoms. The fourth-order valence-corrected chi connectivity index (χ4v) is 2.75. The molecule has 4 nitrogen and oxygen atoms in total. The minimum atomic E-state index is -0.853. The highest BCUT2D eigenvalue weighted by molar-refractivity contribution is 7.09. The highest BCUT2D eigenvalue weighted by Gasteiger charge is 2.07. The van der Waals surface area contributed by atoms with Crippen LogP contribution in [0.4, 0.5) is 0 Å². The van der Waals surface area contributed by atoms with Crippen molar-refractivity contribution in [3.63, 3.8) is 0 Å². The van der Waals surface area contributed by atoms with Crippen LogP contribution < -0.4 is 4.74 Å². The van der Waals surface area contributed by atoms with E-state index in [2.05, 4.69) is 4.98 Å². The lowest BCUT2D eigenvalue weighted by atomic mass is 10.1. The van der Waals surface area contributed by atoms with Crippen LogP contribution in [0.15, 0.2) is 23.6 Å². The number of aryl methyl sites for hydroxylation is 2. The Morgan fingerprint density at radius 2 is 2.05 bits per heavy atom. The Morgan fingerprint density at radius 1 is 1.35 bits per heavy atom. The van der Waals surface area contributed by atoms with Crippen LogP contribution in [0.2, 0.25) is 0 Å². The highest BCUT2D eigenvalue weighted by Crippen LogP contribution is 2.22. The van der Waals surface area contributed by atoms with Gasteiger partial charge in [0.2, 0.25) is 0 Å². The number of hydrogen-bond donors (Lipinski definition) is 1. The summed E-state index contributed by atoms with van der Waals surface area (Å²) in [5.74, 6) is 0.0726. The SMILES string of the molecule is Cc1cccc(C)c1OCCc1nc(CC(=O)O)cs1. The zero-order chi connectivity index (χ0) is 14.5. The first-order valence-electron chi connectivity index (χ1n) is 6.40. The Labute approximate surface area is 122 Å². The molecule has 0 aliphatic rings. The lowest BCUT2D eigenvalue weighted by Gasteiger charge is -2.10. The first-order valence-corrected chi connectivity index (χ1v) is 7.28. The largest absolute Gasteiger partial charge is 0.493 e. The van der Waals surface area contributed by atoms with Crippen LogP contribution in [-0.2, 0) is 17.6 Å². The number of aliphatic carboxylic acids is 1. The van der Waals surface area contributed by atoms with E-state index in [9.17, 15) is 4.79 Å². The second kappa shape index (κ2) is 6.52. The van der Waals surface area contributed by atoms with E-state index in [0.717, 1.165) is 21.9 Å². The number of ether oxygens (including phenoxy) is 1. The monoisotopic (exact) mass is 291 g/mol. The molecule has 20 heavy (non-hydrogen) atoms. The van der Waals surface area contributed by atoms with Crippen LogP contribution >= 0.6 is 11.3 Å². The maximum atomic E-state index is 10.6. The molecule has 0 fully saturated rings. The van der Waals surface area contributed by atoms with E-state index in [1.807, 2.05) is 32.0 Å². The van der Waals surface area contributed by atoms with E-state index in [4.69, 9.17) is 9.84 Å². The molecule has 2 rings (SSSR count). The van der Waals surface area contributed by atoms with Gasteiger partial charge in [-0.05, 0) is 25.0 Å². The van der Waals surface area contributed by atoms with Gasteiger partial charge in [0.05, 0.1) is 23.7 Å². The topological polar surface area (TPSA) is 59.4 Å². The molecular weight excluding hydrogens is 274 g/mol. The molecule has 1 heterocycles.